The third kappa shape index (κ3) is 5.00. The lowest BCUT2D eigenvalue weighted by Gasteiger charge is -2.08. The number of nitrogens with two attached hydrogens (primary N) is 1. The Morgan fingerprint density at radius 2 is 2.21 bits per heavy atom. The van der Waals surface area contributed by atoms with Crippen LogP contribution in [0.25, 0.3) is 0 Å². The molecule has 2 rings (SSSR count). The highest BCUT2D eigenvalue weighted by atomic mass is 35.5. The van der Waals surface area contributed by atoms with Gasteiger partial charge in [-0.05, 0) is 18.2 Å². The number of alkyl halides is 3. The van der Waals surface area contributed by atoms with E-state index in [1.54, 1.807) is 18.2 Å². The van der Waals surface area contributed by atoms with Gasteiger partial charge in [0.25, 0.3) is 0 Å². The second-order valence-corrected chi connectivity index (χ2v) is 5.97. The molecule has 0 aliphatic heterocycles. The third-order valence-electron chi connectivity index (χ3n) is 2.87. The summed E-state index contributed by atoms with van der Waals surface area (Å²) in [5.74, 6) is 0.658. The van der Waals surface area contributed by atoms with Crippen molar-refractivity contribution in [3.8, 4) is 5.75 Å². The summed E-state index contributed by atoms with van der Waals surface area (Å²) in [6, 6.07) is 5.01. The first-order chi connectivity index (χ1) is 11.3. The number of nitrogens with zero attached hydrogens (tertiary/aromatic N) is 2. The summed E-state index contributed by atoms with van der Waals surface area (Å²) in [7, 11) is 1.51. The zero-order valence-electron chi connectivity index (χ0n) is 12.5. The van der Waals surface area contributed by atoms with Gasteiger partial charge in [0.2, 0.25) is 0 Å². The molecular formula is C14H14ClF3N4OS. The van der Waals surface area contributed by atoms with Gasteiger partial charge < -0.3 is 15.8 Å². The largest absolute Gasteiger partial charge is 0.495 e. The molecule has 3 N–H and O–H groups in total. The number of hydrogen-bond acceptors (Lipinski definition) is 4. The van der Waals surface area contributed by atoms with Crippen LogP contribution in [-0.4, -0.2) is 24.6 Å². The van der Waals surface area contributed by atoms with Crippen LogP contribution in [-0.2, 0) is 12.6 Å². The van der Waals surface area contributed by atoms with Crippen LogP contribution in [0.4, 0.5) is 18.9 Å². The average molecular weight is 379 g/mol. The van der Waals surface area contributed by atoms with Gasteiger partial charge in [-0.25, -0.2) is 4.98 Å². The van der Waals surface area contributed by atoms with E-state index < -0.39 is 11.9 Å². The minimum absolute atomic E-state index is 0.129. The van der Waals surface area contributed by atoms with E-state index in [2.05, 4.69) is 15.3 Å². The lowest BCUT2D eigenvalue weighted by atomic mass is 10.3. The number of anilines is 1. The van der Waals surface area contributed by atoms with E-state index in [0.29, 0.717) is 21.5 Å². The summed E-state index contributed by atoms with van der Waals surface area (Å²) in [5, 5.41) is 4.59. The van der Waals surface area contributed by atoms with Crippen LogP contribution in [0.15, 0.2) is 28.6 Å². The Morgan fingerprint density at radius 3 is 2.79 bits per heavy atom. The fourth-order valence-electron chi connectivity index (χ4n) is 1.76. The molecule has 1 heterocycles. The van der Waals surface area contributed by atoms with Gasteiger partial charge >= 0.3 is 6.18 Å². The van der Waals surface area contributed by atoms with Crippen LogP contribution in [0.1, 0.15) is 10.7 Å². The van der Waals surface area contributed by atoms with Gasteiger partial charge in [-0.3, -0.25) is 4.99 Å². The highest BCUT2D eigenvalue weighted by molar-refractivity contribution is 7.09. The third-order valence-corrected chi connectivity index (χ3v) is 4.08. The fraction of sp³-hybridized carbons (Fsp3) is 0.286. The Bertz CT molecular complexity index is 733. The Hall–Kier alpha value is -2.00. The fourth-order valence-corrected chi connectivity index (χ4v) is 2.81. The molecule has 0 unspecified atom stereocenters. The van der Waals surface area contributed by atoms with E-state index >= 15 is 0 Å². The number of guanidine groups is 1. The highest BCUT2D eigenvalue weighted by Crippen LogP contribution is 2.30. The Balaban J connectivity index is 1.90. The number of aromatic nitrogens is 1. The number of methoxy groups -OCH3 is 1. The van der Waals surface area contributed by atoms with Crippen molar-refractivity contribution in [2.24, 2.45) is 10.7 Å². The standard InChI is InChI=1S/C14H14ClF3N4OS/c1-23-10-3-2-8(6-9(10)15)21-13(19)20-5-4-12-22-11(7-24-12)14(16,17)18/h2-3,6-7H,4-5H2,1H3,(H3,19,20,21). The quantitative estimate of drug-likeness (QED) is 0.613. The smallest absolute Gasteiger partial charge is 0.434 e. The zero-order valence-corrected chi connectivity index (χ0v) is 14.1. The summed E-state index contributed by atoms with van der Waals surface area (Å²) in [5.41, 5.74) is 5.47. The predicted octanol–water partition coefficient (Wildman–Crippen LogP) is 3.79. The van der Waals surface area contributed by atoms with E-state index in [4.69, 9.17) is 22.1 Å². The molecule has 0 fully saturated rings. The van der Waals surface area contributed by atoms with Crippen LogP contribution in [0.2, 0.25) is 5.02 Å². The highest BCUT2D eigenvalue weighted by Gasteiger charge is 2.33. The molecule has 10 heteroatoms. The molecule has 0 bridgehead atoms. The van der Waals surface area contributed by atoms with E-state index in [1.807, 2.05) is 0 Å². The van der Waals surface area contributed by atoms with Crippen molar-refractivity contribution in [2.75, 3.05) is 19.0 Å². The SMILES string of the molecule is COc1ccc(NC(N)=NCCc2nc(C(F)(F)F)cs2)cc1Cl. The Kier molecular flexibility index (Phi) is 5.89. The van der Waals surface area contributed by atoms with Gasteiger partial charge in [-0.2, -0.15) is 13.2 Å². The maximum Gasteiger partial charge on any atom is 0.434 e. The molecule has 0 atom stereocenters. The molecule has 5 nitrogen and oxygen atoms in total. The van der Waals surface area contributed by atoms with Crippen molar-refractivity contribution in [3.05, 3.63) is 39.3 Å². The first-order valence-corrected chi connectivity index (χ1v) is 7.97. The molecule has 0 saturated carbocycles. The number of halogens is 4. The Labute approximate surface area is 145 Å². The number of thiazole rings is 1. The van der Waals surface area contributed by atoms with Crippen molar-refractivity contribution >= 4 is 34.6 Å². The molecule has 24 heavy (non-hydrogen) atoms. The molecule has 0 amide bonds. The van der Waals surface area contributed by atoms with Gasteiger partial charge in [0.15, 0.2) is 11.7 Å². The maximum atomic E-state index is 12.4. The van der Waals surface area contributed by atoms with Crippen LogP contribution in [0.3, 0.4) is 0 Å². The summed E-state index contributed by atoms with van der Waals surface area (Å²) in [6.45, 7) is 0.216. The Morgan fingerprint density at radius 1 is 1.46 bits per heavy atom. The number of ether oxygens (including phenoxy) is 1. The zero-order chi connectivity index (χ0) is 17.7. The van der Waals surface area contributed by atoms with E-state index in [0.717, 1.165) is 16.7 Å². The lowest BCUT2D eigenvalue weighted by molar-refractivity contribution is -0.140. The first kappa shape index (κ1) is 18.3. The van der Waals surface area contributed by atoms with Gasteiger partial charge in [0, 0.05) is 24.0 Å². The second kappa shape index (κ2) is 7.71. The van der Waals surface area contributed by atoms with E-state index in [-0.39, 0.29) is 18.9 Å². The van der Waals surface area contributed by atoms with Crippen molar-refractivity contribution in [2.45, 2.75) is 12.6 Å². The second-order valence-electron chi connectivity index (χ2n) is 4.62. The van der Waals surface area contributed by atoms with Crippen molar-refractivity contribution in [3.63, 3.8) is 0 Å². The first-order valence-electron chi connectivity index (χ1n) is 6.71. The number of aliphatic imine (C=N–C) groups is 1. The summed E-state index contributed by atoms with van der Waals surface area (Å²) in [4.78, 5) is 7.58. The van der Waals surface area contributed by atoms with Crippen molar-refractivity contribution < 1.29 is 17.9 Å². The molecule has 2 aromatic rings. The van der Waals surface area contributed by atoms with Gasteiger partial charge in [0.05, 0.1) is 17.1 Å². The van der Waals surface area contributed by atoms with Crippen LogP contribution >= 0.6 is 22.9 Å². The molecule has 1 aromatic carbocycles. The topological polar surface area (TPSA) is 72.5 Å². The number of benzene rings is 1. The van der Waals surface area contributed by atoms with Crippen molar-refractivity contribution in [1.82, 2.24) is 4.98 Å². The normalized spacial score (nSPS) is 12.3. The van der Waals surface area contributed by atoms with E-state index in [9.17, 15) is 13.2 Å². The number of hydrogen-bond donors (Lipinski definition) is 2. The minimum Gasteiger partial charge on any atom is -0.495 e. The number of rotatable bonds is 5. The molecule has 0 aliphatic rings. The van der Waals surface area contributed by atoms with Crippen LogP contribution < -0.4 is 15.8 Å². The van der Waals surface area contributed by atoms with Gasteiger partial charge in [-0.1, -0.05) is 11.6 Å². The number of nitrogens with one attached hydrogen (secondary N) is 1. The van der Waals surface area contributed by atoms with Crippen LogP contribution in [0, 0.1) is 0 Å². The maximum absolute atomic E-state index is 12.4. The molecule has 0 aliphatic carbocycles. The van der Waals surface area contributed by atoms with Crippen molar-refractivity contribution in [1.29, 1.82) is 0 Å². The lowest BCUT2D eigenvalue weighted by Crippen LogP contribution is -2.23. The molecule has 1 aromatic heterocycles. The van der Waals surface area contributed by atoms with Crippen LogP contribution in [0.5, 0.6) is 5.75 Å². The predicted molar refractivity (Wildman–Crippen MR) is 88.9 cm³/mol. The van der Waals surface area contributed by atoms with Gasteiger partial charge in [-0.15, -0.1) is 11.3 Å². The summed E-state index contributed by atoms with van der Waals surface area (Å²) >= 11 is 6.94. The molecular weight excluding hydrogens is 365 g/mol. The van der Waals surface area contributed by atoms with Gasteiger partial charge in [0.1, 0.15) is 5.75 Å². The average Bonchev–Trinajstić information content (AvgIpc) is 2.96. The molecule has 0 radical (unpaired) electrons. The molecule has 0 saturated heterocycles. The van der Waals surface area contributed by atoms with E-state index in [1.165, 1.54) is 7.11 Å². The summed E-state index contributed by atoms with van der Waals surface area (Å²) in [6.07, 6.45) is -4.15. The molecule has 130 valence electrons. The summed E-state index contributed by atoms with van der Waals surface area (Å²) < 4.78 is 42.4. The molecule has 0 spiro atoms. The minimum atomic E-state index is -4.42. The monoisotopic (exact) mass is 378 g/mol.